The number of piperidine rings is 1. The largest absolute Gasteiger partial charge is 0.393 e. The monoisotopic (exact) mass is 304 g/mol. The van der Waals surface area contributed by atoms with Gasteiger partial charge in [0.15, 0.2) is 0 Å². The van der Waals surface area contributed by atoms with Crippen molar-refractivity contribution in [3.8, 4) is 0 Å². The topological polar surface area (TPSA) is 43.8 Å². The van der Waals surface area contributed by atoms with Crippen LogP contribution < -0.4 is 0 Å². The van der Waals surface area contributed by atoms with Crippen LogP contribution in [0.2, 0.25) is 0 Å². The van der Waals surface area contributed by atoms with Crippen LogP contribution in [0.5, 0.6) is 0 Å². The number of hydrogen-bond acceptors (Lipinski definition) is 3. The van der Waals surface area contributed by atoms with Gasteiger partial charge in [0.1, 0.15) is 0 Å². The number of benzene rings is 1. The first-order chi connectivity index (χ1) is 10.5. The van der Waals surface area contributed by atoms with Gasteiger partial charge in [0, 0.05) is 13.6 Å². The van der Waals surface area contributed by atoms with E-state index in [1.807, 2.05) is 51.2 Å². The fourth-order valence-corrected chi connectivity index (χ4v) is 3.20. The average molecular weight is 304 g/mol. The summed E-state index contributed by atoms with van der Waals surface area (Å²) in [5, 5.41) is 9.67. The highest BCUT2D eigenvalue weighted by molar-refractivity contribution is 5.81. The molecule has 0 aromatic heterocycles. The second-order valence-corrected chi connectivity index (χ2v) is 6.47. The molecule has 1 aromatic rings. The molecule has 0 saturated carbocycles. The lowest BCUT2D eigenvalue weighted by molar-refractivity contribution is -0.136. The maximum atomic E-state index is 12.6. The number of aliphatic hydroxyl groups excluding tert-OH is 1. The van der Waals surface area contributed by atoms with Crippen molar-refractivity contribution in [1.29, 1.82) is 0 Å². The molecule has 0 bridgehead atoms. The maximum Gasteiger partial charge on any atom is 0.239 e. The van der Waals surface area contributed by atoms with Crippen molar-refractivity contribution in [2.45, 2.75) is 45.4 Å². The summed E-state index contributed by atoms with van der Waals surface area (Å²) in [5.74, 6) is 0.542. The lowest BCUT2D eigenvalue weighted by atomic mass is 9.91. The number of carbonyl (C=O) groups is 1. The average Bonchev–Trinajstić information content (AvgIpc) is 2.54. The van der Waals surface area contributed by atoms with Crippen LogP contribution in [-0.4, -0.2) is 53.1 Å². The summed E-state index contributed by atoms with van der Waals surface area (Å²) < 4.78 is 0. The molecule has 22 heavy (non-hydrogen) atoms. The first kappa shape index (κ1) is 17.0. The minimum atomic E-state index is -0.242. The number of rotatable bonds is 5. The van der Waals surface area contributed by atoms with Gasteiger partial charge >= 0.3 is 0 Å². The Morgan fingerprint density at radius 1 is 1.27 bits per heavy atom. The summed E-state index contributed by atoms with van der Waals surface area (Å²) in [7, 11) is 1.87. The van der Waals surface area contributed by atoms with Crippen molar-refractivity contribution >= 4 is 5.91 Å². The van der Waals surface area contributed by atoms with E-state index in [1.54, 1.807) is 4.90 Å². The molecule has 1 aliphatic rings. The summed E-state index contributed by atoms with van der Waals surface area (Å²) in [6, 6.07) is 9.98. The van der Waals surface area contributed by atoms with E-state index in [4.69, 9.17) is 0 Å². The van der Waals surface area contributed by atoms with Crippen LogP contribution in [0.1, 0.15) is 32.3 Å². The molecule has 0 aliphatic carbocycles. The standard InChI is InChI=1S/C18H28N2O2/c1-14(20-11-9-17(10-12-20)15(2)21)18(22)19(3)13-16-7-5-4-6-8-16/h4-8,14-15,17,21H,9-13H2,1-3H3. The Morgan fingerprint density at radius 3 is 2.41 bits per heavy atom. The summed E-state index contributed by atoms with van der Waals surface area (Å²) in [6.45, 7) is 6.28. The van der Waals surface area contributed by atoms with Gasteiger partial charge in [-0.15, -0.1) is 0 Å². The molecule has 1 amide bonds. The highest BCUT2D eigenvalue weighted by Gasteiger charge is 2.29. The summed E-state index contributed by atoms with van der Waals surface area (Å²) in [5.41, 5.74) is 1.15. The van der Waals surface area contributed by atoms with E-state index in [0.29, 0.717) is 12.5 Å². The number of likely N-dealkylation sites (tertiary alicyclic amines) is 1. The minimum Gasteiger partial charge on any atom is -0.393 e. The number of hydrogen-bond donors (Lipinski definition) is 1. The molecule has 2 unspecified atom stereocenters. The third kappa shape index (κ3) is 4.31. The van der Waals surface area contributed by atoms with Gasteiger partial charge in [0.25, 0.3) is 0 Å². The number of carbonyl (C=O) groups excluding carboxylic acids is 1. The Bertz CT molecular complexity index is 467. The summed E-state index contributed by atoms with van der Waals surface area (Å²) >= 11 is 0. The van der Waals surface area contributed by atoms with Crippen molar-refractivity contribution in [1.82, 2.24) is 9.80 Å². The van der Waals surface area contributed by atoms with Gasteiger partial charge < -0.3 is 10.0 Å². The first-order valence-electron chi connectivity index (χ1n) is 8.20. The van der Waals surface area contributed by atoms with E-state index in [-0.39, 0.29) is 18.1 Å². The molecular formula is C18H28N2O2. The van der Waals surface area contributed by atoms with Crippen LogP contribution in [0, 0.1) is 5.92 Å². The molecule has 4 heteroatoms. The van der Waals surface area contributed by atoms with Gasteiger partial charge in [0.05, 0.1) is 12.1 Å². The van der Waals surface area contributed by atoms with E-state index in [9.17, 15) is 9.90 Å². The van der Waals surface area contributed by atoms with E-state index in [1.165, 1.54) is 0 Å². The van der Waals surface area contributed by atoms with E-state index >= 15 is 0 Å². The van der Waals surface area contributed by atoms with Crippen molar-refractivity contribution < 1.29 is 9.90 Å². The molecule has 1 saturated heterocycles. The van der Waals surface area contributed by atoms with Gasteiger partial charge in [-0.3, -0.25) is 9.69 Å². The van der Waals surface area contributed by atoms with Crippen LogP contribution in [0.15, 0.2) is 30.3 Å². The Labute approximate surface area is 133 Å². The maximum absolute atomic E-state index is 12.6. The molecule has 1 aliphatic heterocycles. The van der Waals surface area contributed by atoms with Crippen LogP contribution in [0.25, 0.3) is 0 Å². The number of nitrogens with zero attached hydrogens (tertiary/aromatic N) is 2. The molecule has 1 heterocycles. The van der Waals surface area contributed by atoms with Crippen LogP contribution >= 0.6 is 0 Å². The molecule has 1 aromatic carbocycles. The van der Waals surface area contributed by atoms with Gasteiger partial charge in [-0.25, -0.2) is 0 Å². The van der Waals surface area contributed by atoms with Crippen molar-refractivity contribution in [3.63, 3.8) is 0 Å². The zero-order chi connectivity index (χ0) is 16.1. The predicted octanol–water partition coefficient (Wildman–Crippen LogP) is 2.13. The zero-order valence-electron chi connectivity index (χ0n) is 13.9. The Kier molecular flexibility index (Phi) is 5.98. The SMILES string of the molecule is CC(O)C1CCN(C(C)C(=O)N(C)Cc2ccccc2)CC1. The van der Waals surface area contributed by atoms with Crippen molar-refractivity contribution in [3.05, 3.63) is 35.9 Å². The second kappa shape index (κ2) is 7.75. The fourth-order valence-electron chi connectivity index (χ4n) is 3.20. The number of amides is 1. The van der Waals surface area contributed by atoms with Gasteiger partial charge in [-0.2, -0.15) is 0 Å². The normalized spacial score (nSPS) is 19.6. The second-order valence-electron chi connectivity index (χ2n) is 6.47. The third-order valence-electron chi connectivity index (χ3n) is 4.80. The Balaban J connectivity index is 1.86. The third-order valence-corrected chi connectivity index (χ3v) is 4.80. The number of aliphatic hydroxyl groups is 1. The van der Waals surface area contributed by atoms with Crippen molar-refractivity contribution in [2.24, 2.45) is 5.92 Å². The molecular weight excluding hydrogens is 276 g/mol. The molecule has 2 rings (SSSR count). The van der Waals surface area contributed by atoms with Gasteiger partial charge in [-0.1, -0.05) is 30.3 Å². The molecule has 4 nitrogen and oxygen atoms in total. The lowest BCUT2D eigenvalue weighted by Crippen LogP contribution is -2.49. The van der Waals surface area contributed by atoms with Gasteiger partial charge in [-0.05, 0) is 51.3 Å². The quantitative estimate of drug-likeness (QED) is 0.906. The van der Waals surface area contributed by atoms with Crippen LogP contribution in [0.4, 0.5) is 0 Å². The summed E-state index contributed by atoms with van der Waals surface area (Å²) in [6.07, 6.45) is 1.70. The number of likely N-dealkylation sites (N-methyl/N-ethyl adjacent to an activating group) is 1. The lowest BCUT2D eigenvalue weighted by Gasteiger charge is -2.37. The molecule has 0 spiro atoms. The van der Waals surface area contributed by atoms with Gasteiger partial charge in [0.2, 0.25) is 5.91 Å². The first-order valence-corrected chi connectivity index (χ1v) is 8.20. The fraction of sp³-hybridized carbons (Fsp3) is 0.611. The molecule has 1 fully saturated rings. The van der Waals surface area contributed by atoms with E-state index in [2.05, 4.69) is 4.90 Å². The molecule has 1 N–H and O–H groups in total. The Morgan fingerprint density at radius 2 is 1.86 bits per heavy atom. The summed E-state index contributed by atoms with van der Waals surface area (Å²) in [4.78, 5) is 16.6. The smallest absolute Gasteiger partial charge is 0.239 e. The molecule has 122 valence electrons. The highest BCUT2D eigenvalue weighted by atomic mass is 16.3. The van der Waals surface area contributed by atoms with E-state index < -0.39 is 0 Å². The van der Waals surface area contributed by atoms with Crippen molar-refractivity contribution in [2.75, 3.05) is 20.1 Å². The Hall–Kier alpha value is -1.39. The highest BCUT2D eigenvalue weighted by Crippen LogP contribution is 2.22. The van der Waals surface area contributed by atoms with E-state index in [0.717, 1.165) is 31.5 Å². The molecule has 0 radical (unpaired) electrons. The minimum absolute atomic E-state index is 0.0938. The van der Waals surface area contributed by atoms with Crippen LogP contribution in [0.3, 0.4) is 0 Å². The predicted molar refractivity (Wildman–Crippen MR) is 88.4 cm³/mol. The zero-order valence-corrected chi connectivity index (χ0v) is 13.9. The van der Waals surface area contributed by atoms with Crippen LogP contribution in [-0.2, 0) is 11.3 Å². The molecule has 2 atom stereocenters.